The molecule has 19 heavy (non-hydrogen) atoms. The molecule has 7 heteroatoms. The molecule has 1 N–H and O–H groups in total. The van der Waals surface area contributed by atoms with Crippen molar-refractivity contribution >= 4 is 49.4 Å². The Bertz CT molecular complexity index is 787. The number of fused-ring (bicyclic) bond motifs is 1. The molecule has 0 unspecified atom stereocenters. The Kier molecular flexibility index (Phi) is 3.02. The number of aromatic nitrogens is 2. The number of anilines is 1. The fourth-order valence-corrected chi connectivity index (χ4v) is 3.92. The third-order valence-corrected chi connectivity index (χ3v) is 4.97. The van der Waals surface area contributed by atoms with E-state index in [2.05, 4.69) is 37.3 Å². The Morgan fingerprint density at radius 1 is 1.11 bits per heavy atom. The number of halogens is 1. The van der Waals surface area contributed by atoms with Crippen molar-refractivity contribution in [3.63, 3.8) is 0 Å². The van der Waals surface area contributed by atoms with E-state index in [1.54, 1.807) is 18.2 Å². The fraction of sp³-hybridized carbons (Fsp3) is 0. The monoisotopic (exact) mass is 385 g/mol. The number of sulfonamides is 1. The van der Waals surface area contributed by atoms with Crippen LogP contribution in [0.2, 0.25) is 0 Å². The van der Waals surface area contributed by atoms with Crippen molar-refractivity contribution in [1.29, 1.82) is 0 Å². The fourth-order valence-electron chi connectivity index (χ4n) is 1.80. The van der Waals surface area contributed by atoms with Gasteiger partial charge in [0.1, 0.15) is 5.69 Å². The van der Waals surface area contributed by atoms with Crippen LogP contribution in [0.4, 0.5) is 5.82 Å². The van der Waals surface area contributed by atoms with Crippen LogP contribution in [0.15, 0.2) is 36.7 Å². The van der Waals surface area contributed by atoms with Crippen LogP contribution < -0.4 is 4.72 Å². The van der Waals surface area contributed by atoms with Crippen LogP contribution in [0.25, 0.3) is 11.0 Å². The summed E-state index contributed by atoms with van der Waals surface area (Å²) in [7, 11) is -3.61. The predicted molar refractivity (Wildman–Crippen MR) is 81.6 cm³/mol. The van der Waals surface area contributed by atoms with Gasteiger partial charge < -0.3 is 0 Å². The third-order valence-electron chi connectivity index (χ3n) is 2.65. The Hall–Kier alpha value is -1.48. The van der Waals surface area contributed by atoms with E-state index in [4.69, 9.17) is 0 Å². The van der Waals surface area contributed by atoms with Crippen LogP contribution in [-0.2, 0) is 10.0 Å². The van der Waals surface area contributed by atoms with Crippen LogP contribution in [0.5, 0.6) is 0 Å². The van der Waals surface area contributed by atoms with E-state index in [1.807, 2.05) is 12.1 Å². The van der Waals surface area contributed by atoms with Gasteiger partial charge in [-0.05, 0) is 34.7 Å². The normalized spacial score (nSPS) is 16.2. The molecule has 1 aliphatic heterocycles. The van der Waals surface area contributed by atoms with Crippen LogP contribution >= 0.6 is 22.6 Å². The van der Waals surface area contributed by atoms with Gasteiger partial charge in [-0.25, -0.2) is 13.4 Å². The van der Waals surface area contributed by atoms with Gasteiger partial charge in [0.25, 0.3) is 10.0 Å². The van der Waals surface area contributed by atoms with Crippen molar-refractivity contribution in [2.75, 3.05) is 4.72 Å². The largest absolute Gasteiger partial charge is 0.263 e. The lowest BCUT2D eigenvalue weighted by Gasteiger charge is -2.17. The van der Waals surface area contributed by atoms with Crippen molar-refractivity contribution in [3.05, 3.63) is 51.5 Å². The van der Waals surface area contributed by atoms with E-state index in [1.165, 1.54) is 12.4 Å². The zero-order chi connectivity index (χ0) is 13.5. The highest BCUT2D eigenvalue weighted by molar-refractivity contribution is 14.1. The first kappa shape index (κ1) is 12.5. The molecule has 2 aromatic rings. The van der Waals surface area contributed by atoms with Crippen molar-refractivity contribution in [2.45, 2.75) is 0 Å². The van der Waals surface area contributed by atoms with Gasteiger partial charge in [-0.2, -0.15) is 0 Å². The molecule has 1 aromatic carbocycles. The Balaban J connectivity index is 2.26. The van der Waals surface area contributed by atoms with E-state index in [0.29, 0.717) is 11.3 Å². The summed E-state index contributed by atoms with van der Waals surface area (Å²) in [6.45, 7) is 0. The number of benzene rings is 1. The lowest BCUT2D eigenvalue weighted by Crippen LogP contribution is -2.20. The Morgan fingerprint density at radius 3 is 2.63 bits per heavy atom. The van der Waals surface area contributed by atoms with E-state index < -0.39 is 10.0 Å². The molecule has 0 aliphatic carbocycles. The Morgan fingerprint density at radius 2 is 1.84 bits per heavy atom. The van der Waals surface area contributed by atoms with E-state index in [0.717, 1.165) is 3.57 Å². The summed E-state index contributed by atoms with van der Waals surface area (Å²) >= 11 is 2.11. The molecule has 1 aliphatic rings. The SMILES string of the molecule is O=S1(=O)Nc2nccnc2C=C1c1ccccc1I. The highest BCUT2D eigenvalue weighted by Gasteiger charge is 2.27. The van der Waals surface area contributed by atoms with Crippen LogP contribution in [0.3, 0.4) is 0 Å². The van der Waals surface area contributed by atoms with Gasteiger partial charge in [0, 0.05) is 21.5 Å². The second-order valence-electron chi connectivity index (χ2n) is 3.88. The summed E-state index contributed by atoms with van der Waals surface area (Å²) in [6.07, 6.45) is 4.53. The molecule has 2 heterocycles. The van der Waals surface area contributed by atoms with E-state index >= 15 is 0 Å². The molecule has 0 atom stereocenters. The highest BCUT2D eigenvalue weighted by Crippen LogP contribution is 2.33. The number of nitrogens with zero attached hydrogens (tertiary/aromatic N) is 2. The standard InChI is InChI=1S/C12H8IN3O2S/c13-9-4-2-1-3-8(9)11-7-10-12(15-6-5-14-10)16-19(11,17)18/h1-7H,(H,15,16). The number of nitrogens with one attached hydrogen (secondary N) is 1. The topological polar surface area (TPSA) is 72.0 Å². The lowest BCUT2D eigenvalue weighted by atomic mass is 10.2. The molecule has 0 radical (unpaired) electrons. The summed E-state index contributed by atoms with van der Waals surface area (Å²) < 4.78 is 27.8. The molecule has 0 fully saturated rings. The molecule has 5 nitrogen and oxygen atoms in total. The van der Waals surface area contributed by atoms with Gasteiger partial charge in [-0.15, -0.1) is 0 Å². The van der Waals surface area contributed by atoms with Crippen molar-refractivity contribution in [3.8, 4) is 0 Å². The quantitative estimate of drug-likeness (QED) is 0.765. The minimum Gasteiger partial charge on any atom is -0.262 e. The van der Waals surface area contributed by atoms with Crippen LogP contribution in [0.1, 0.15) is 11.3 Å². The smallest absolute Gasteiger partial charge is 0.262 e. The number of hydrogen-bond donors (Lipinski definition) is 1. The molecule has 96 valence electrons. The first-order valence-electron chi connectivity index (χ1n) is 5.38. The molecule has 0 saturated heterocycles. The van der Waals surface area contributed by atoms with Gasteiger partial charge in [0.2, 0.25) is 0 Å². The summed E-state index contributed by atoms with van der Waals surface area (Å²) in [5.41, 5.74) is 1.18. The minimum atomic E-state index is -3.61. The minimum absolute atomic E-state index is 0.213. The van der Waals surface area contributed by atoms with E-state index in [-0.39, 0.29) is 10.7 Å². The summed E-state index contributed by atoms with van der Waals surface area (Å²) in [5.74, 6) is 0.261. The molecule has 0 bridgehead atoms. The third kappa shape index (κ3) is 2.23. The van der Waals surface area contributed by atoms with Gasteiger partial charge in [-0.3, -0.25) is 9.71 Å². The van der Waals surface area contributed by atoms with Crippen LogP contribution in [0, 0.1) is 3.57 Å². The highest BCUT2D eigenvalue weighted by atomic mass is 127. The van der Waals surface area contributed by atoms with E-state index in [9.17, 15) is 8.42 Å². The van der Waals surface area contributed by atoms with Crippen molar-refractivity contribution < 1.29 is 8.42 Å². The molecular weight excluding hydrogens is 377 g/mol. The van der Waals surface area contributed by atoms with Gasteiger partial charge in [0.05, 0.1) is 4.91 Å². The number of hydrogen-bond acceptors (Lipinski definition) is 4. The second kappa shape index (κ2) is 4.57. The molecule has 0 spiro atoms. The summed E-state index contributed by atoms with van der Waals surface area (Å²) in [6, 6.07) is 7.30. The average molecular weight is 385 g/mol. The zero-order valence-electron chi connectivity index (χ0n) is 9.54. The second-order valence-corrected chi connectivity index (χ2v) is 6.70. The first-order valence-corrected chi connectivity index (χ1v) is 7.94. The average Bonchev–Trinajstić information content (AvgIpc) is 2.38. The summed E-state index contributed by atoms with van der Waals surface area (Å²) in [4.78, 5) is 8.30. The maximum atomic E-state index is 12.2. The maximum absolute atomic E-state index is 12.2. The maximum Gasteiger partial charge on any atom is 0.263 e. The molecule has 0 amide bonds. The van der Waals surface area contributed by atoms with Gasteiger partial charge in [-0.1, -0.05) is 18.2 Å². The molecular formula is C12H8IN3O2S. The predicted octanol–water partition coefficient (Wildman–Crippen LogP) is 2.33. The zero-order valence-corrected chi connectivity index (χ0v) is 12.5. The molecule has 3 rings (SSSR count). The molecule has 0 saturated carbocycles. The lowest BCUT2D eigenvalue weighted by molar-refractivity contribution is 0.610. The van der Waals surface area contributed by atoms with Gasteiger partial charge >= 0.3 is 0 Å². The summed E-state index contributed by atoms with van der Waals surface area (Å²) in [5, 5.41) is 0. The first-order chi connectivity index (χ1) is 9.08. The molecule has 1 aromatic heterocycles. The van der Waals surface area contributed by atoms with Crippen molar-refractivity contribution in [2.24, 2.45) is 0 Å². The van der Waals surface area contributed by atoms with Crippen molar-refractivity contribution in [1.82, 2.24) is 9.97 Å². The Labute approximate surface area is 124 Å². The number of rotatable bonds is 1. The van der Waals surface area contributed by atoms with Crippen LogP contribution in [-0.4, -0.2) is 18.4 Å². The van der Waals surface area contributed by atoms with Gasteiger partial charge in [0.15, 0.2) is 5.82 Å².